The summed E-state index contributed by atoms with van der Waals surface area (Å²) in [4.78, 5) is 22.9. The lowest BCUT2D eigenvalue weighted by Gasteiger charge is -2.28. The van der Waals surface area contributed by atoms with Crippen LogP contribution in [0.15, 0.2) is 4.52 Å². The van der Waals surface area contributed by atoms with Gasteiger partial charge in [0.15, 0.2) is 0 Å². The second kappa shape index (κ2) is 7.21. The first-order valence-corrected chi connectivity index (χ1v) is 6.71. The molecule has 0 saturated heterocycles. The normalized spacial score (nSPS) is 13.7. The van der Waals surface area contributed by atoms with Gasteiger partial charge in [0.1, 0.15) is 5.76 Å². The molecule has 118 valence electrons. The van der Waals surface area contributed by atoms with Crippen LogP contribution in [0.1, 0.15) is 36.8 Å². The minimum Gasteiger partial charge on any atom is -0.481 e. The summed E-state index contributed by atoms with van der Waals surface area (Å²) in [6, 6.07) is 0. The summed E-state index contributed by atoms with van der Waals surface area (Å²) in [5, 5.41) is 15.5. The molecule has 1 amide bonds. The van der Waals surface area contributed by atoms with E-state index in [0.717, 1.165) is 11.3 Å². The van der Waals surface area contributed by atoms with Crippen LogP contribution in [0.25, 0.3) is 0 Å². The zero-order chi connectivity index (χ0) is 16.0. The largest absolute Gasteiger partial charge is 0.481 e. The number of hydrogen-bond acceptors (Lipinski definition) is 5. The van der Waals surface area contributed by atoms with Gasteiger partial charge in [-0.3, -0.25) is 9.59 Å². The predicted octanol–water partition coefficient (Wildman–Crippen LogP) is 1.22. The van der Waals surface area contributed by atoms with E-state index in [4.69, 9.17) is 14.4 Å². The second-order valence-electron chi connectivity index (χ2n) is 5.42. The SMILES string of the molecule is COCC(C)(CC(=O)O)NC(=O)CCc1c(C)noc1C. The van der Waals surface area contributed by atoms with Crippen LogP contribution in [0.3, 0.4) is 0 Å². The van der Waals surface area contributed by atoms with E-state index < -0.39 is 11.5 Å². The van der Waals surface area contributed by atoms with Crippen LogP contribution in [-0.2, 0) is 20.7 Å². The van der Waals surface area contributed by atoms with E-state index >= 15 is 0 Å². The van der Waals surface area contributed by atoms with Gasteiger partial charge in [0.25, 0.3) is 0 Å². The third kappa shape index (κ3) is 5.18. The summed E-state index contributed by atoms with van der Waals surface area (Å²) in [5.74, 6) is -0.512. The molecule has 0 fully saturated rings. The molecule has 2 N–H and O–H groups in total. The molecular weight excluding hydrogens is 276 g/mol. The van der Waals surface area contributed by atoms with Crippen molar-refractivity contribution in [3.05, 3.63) is 17.0 Å². The van der Waals surface area contributed by atoms with Gasteiger partial charge in [0.05, 0.1) is 24.3 Å². The maximum atomic E-state index is 12.0. The van der Waals surface area contributed by atoms with Crippen molar-refractivity contribution in [1.29, 1.82) is 0 Å². The Labute approximate surface area is 123 Å². The van der Waals surface area contributed by atoms with Crippen LogP contribution in [0.2, 0.25) is 0 Å². The van der Waals surface area contributed by atoms with Crippen molar-refractivity contribution in [3.63, 3.8) is 0 Å². The van der Waals surface area contributed by atoms with Gasteiger partial charge in [-0.05, 0) is 27.2 Å². The summed E-state index contributed by atoms with van der Waals surface area (Å²) < 4.78 is 10.0. The monoisotopic (exact) mass is 298 g/mol. The standard InChI is InChI=1S/C14H22N2O5/c1-9-11(10(2)21-16-9)5-6-12(17)15-14(3,8-20-4)7-13(18)19/h5-8H2,1-4H3,(H,15,17)(H,18,19). The van der Waals surface area contributed by atoms with Crippen LogP contribution < -0.4 is 5.32 Å². The molecule has 0 aliphatic rings. The van der Waals surface area contributed by atoms with Crippen molar-refractivity contribution < 1.29 is 24.0 Å². The highest BCUT2D eigenvalue weighted by molar-refractivity contribution is 5.78. The van der Waals surface area contributed by atoms with E-state index in [1.54, 1.807) is 13.8 Å². The number of carbonyl (C=O) groups excluding carboxylic acids is 1. The van der Waals surface area contributed by atoms with E-state index in [0.29, 0.717) is 12.2 Å². The molecule has 7 nitrogen and oxygen atoms in total. The van der Waals surface area contributed by atoms with Crippen molar-refractivity contribution in [2.45, 2.75) is 45.6 Å². The molecule has 0 radical (unpaired) electrons. The van der Waals surface area contributed by atoms with Crippen LogP contribution in [0.5, 0.6) is 0 Å². The molecule has 1 aromatic rings. The van der Waals surface area contributed by atoms with Crippen molar-refractivity contribution in [3.8, 4) is 0 Å². The summed E-state index contributed by atoms with van der Waals surface area (Å²) in [5.41, 5.74) is 0.762. The molecule has 0 aromatic carbocycles. The number of nitrogens with zero attached hydrogens (tertiary/aromatic N) is 1. The van der Waals surface area contributed by atoms with E-state index in [1.165, 1.54) is 7.11 Å². The Bertz CT molecular complexity index is 492. The Morgan fingerprint density at radius 2 is 2.10 bits per heavy atom. The molecule has 1 rings (SSSR count). The fourth-order valence-corrected chi connectivity index (χ4v) is 2.28. The molecule has 0 spiro atoms. The van der Waals surface area contributed by atoms with Crippen molar-refractivity contribution >= 4 is 11.9 Å². The molecule has 0 aliphatic carbocycles. The Morgan fingerprint density at radius 3 is 2.57 bits per heavy atom. The van der Waals surface area contributed by atoms with Crippen molar-refractivity contribution in [2.75, 3.05) is 13.7 Å². The number of carboxylic acid groups (broad SMARTS) is 1. The Hall–Kier alpha value is -1.89. The average molecular weight is 298 g/mol. The molecule has 1 aromatic heterocycles. The van der Waals surface area contributed by atoms with Gasteiger partial charge in [-0.15, -0.1) is 0 Å². The molecule has 1 heterocycles. The minimum absolute atomic E-state index is 0.135. The third-order valence-corrected chi connectivity index (χ3v) is 3.23. The van der Waals surface area contributed by atoms with Gasteiger partial charge < -0.3 is 19.7 Å². The fraction of sp³-hybridized carbons (Fsp3) is 0.643. The first-order chi connectivity index (χ1) is 9.77. The average Bonchev–Trinajstić information content (AvgIpc) is 2.65. The number of methoxy groups -OCH3 is 1. The molecule has 1 unspecified atom stereocenters. The van der Waals surface area contributed by atoms with Gasteiger partial charge >= 0.3 is 5.97 Å². The van der Waals surface area contributed by atoms with E-state index in [2.05, 4.69) is 10.5 Å². The lowest BCUT2D eigenvalue weighted by Crippen LogP contribution is -2.50. The Morgan fingerprint density at radius 1 is 1.43 bits per heavy atom. The van der Waals surface area contributed by atoms with Gasteiger partial charge in [-0.2, -0.15) is 0 Å². The van der Waals surface area contributed by atoms with E-state index in [-0.39, 0.29) is 25.4 Å². The smallest absolute Gasteiger partial charge is 0.305 e. The van der Waals surface area contributed by atoms with Gasteiger partial charge in [0, 0.05) is 19.1 Å². The highest BCUT2D eigenvalue weighted by Crippen LogP contribution is 2.15. The quantitative estimate of drug-likeness (QED) is 0.748. The number of rotatable bonds is 8. The maximum Gasteiger partial charge on any atom is 0.305 e. The van der Waals surface area contributed by atoms with Crippen LogP contribution in [0.4, 0.5) is 0 Å². The molecule has 0 saturated carbocycles. The predicted molar refractivity (Wildman–Crippen MR) is 75.0 cm³/mol. The number of carboxylic acids is 1. The molecular formula is C14H22N2O5. The summed E-state index contributed by atoms with van der Waals surface area (Å²) in [7, 11) is 1.47. The van der Waals surface area contributed by atoms with Crippen LogP contribution in [-0.4, -0.2) is 41.4 Å². The first kappa shape index (κ1) is 17.2. The number of hydrogen-bond donors (Lipinski definition) is 2. The molecule has 7 heteroatoms. The van der Waals surface area contributed by atoms with E-state index in [9.17, 15) is 9.59 Å². The Kier molecular flexibility index (Phi) is 5.90. The summed E-state index contributed by atoms with van der Waals surface area (Å²) >= 11 is 0. The summed E-state index contributed by atoms with van der Waals surface area (Å²) in [6.07, 6.45) is 0.544. The molecule has 0 bridgehead atoms. The topological polar surface area (TPSA) is 102 Å². The van der Waals surface area contributed by atoms with Gasteiger partial charge in [-0.1, -0.05) is 5.16 Å². The highest BCUT2D eigenvalue weighted by atomic mass is 16.5. The summed E-state index contributed by atoms with van der Waals surface area (Å²) in [6.45, 7) is 5.41. The maximum absolute atomic E-state index is 12.0. The van der Waals surface area contributed by atoms with Crippen LogP contribution >= 0.6 is 0 Å². The number of aryl methyl sites for hydroxylation is 2. The van der Waals surface area contributed by atoms with Gasteiger partial charge in [0.2, 0.25) is 5.91 Å². The zero-order valence-electron chi connectivity index (χ0n) is 12.9. The molecule has 0 aliphatic heterocycles. The zero-order valence-corrected chi connectivity index (χ0v) is 12.9. The third-order valence-electron chi connectivity index (χ3n) is 3.23. The number of ether oxygens (including phenoxy) is 1. The number of amides is 1. The van der Waals surface area contributed by atoms with Crippen molar-refractivity contribution in [1.82, 2.24) is 10.5 Å². The first-order valence-electron chi connectivity index (χ1n) is 6.71. The van der Waals surface area contributed by atoms with Gasteiger partial charge in [-0.25, -0.2) is 0 Å². The number of aliphatic carboxylic acids is 1. The second-order valence-corrected chi connectivity index (χ2v) is 5.42. The lowest BCUT2D eigenvalue weighted by atomic mass is 9.98. The Balaban J connectivity index is 2.60. The number of aromatic nitrogens is 1. The van der Waals surface area contributed by atoms with Crippen LogP contribution in [0, 0.1) is 13.8 Å². The lowest BCUT2D eigenvalue weighted by molar-refractivity contribution is -0.139. The van der Waals surface area contributed by atoms with E-state index in [1.807, 2.05) is 6.92 Å². The minimum atomic E-state index is -0.986. The molecule has 1 atom stereocenters. The number of carbonyl (C=O) groups is 2. The van der Waals surface area contributed by atoms with Crippen molar-refractivity contribution in [2.24, 2.45) is 0 Å². The molecule has 21 heavy (non-hydrogen) atoms. The number of nitrogens with one attached hydrogen (secondary N) is 1. The fourth-order valence-electron chi connectivity index (χ4n) is 2.28. The highest BCUT2D eigenvalue weighted by Gasteiger charge is 2.29.